The molecule has 5 heterocycles. The summed E-state index contributed by atoms with van der Waals surface area (Å²) in [5, 5.41) is 10.3. The second kappa shape index (κ2) is 9.69. The van der Waals surface area contributed by atoms with Crippen LogP contribution in [0, 0.1) is 0 Å². The van der Waals surface area contributed by atoms with E-state index in [0.29, 0.717) is 30.4 Å². The van der Waals surface area contributed by atoms with E-state index in [4.69, 9.17) is 4.74 Å². The van der Waals surface area contributed by atoms with Gasteiger partial charge in [0, 0.05) is 41.9 Å². The van der Waals surface area contributed by atoms with E-state index < -0.39 is 5.60 Å². The molecule has 8 heteroatoms. The Morgan fingerprint density at radius 2 is 1.78 bits per heavy atom. The summed E-state index contributed by atoms with van der Waals surface area (Å²) in [4.78, 5) is 29.3. The monoisotopic (exact) mass is 487 g/mol. The van der Waals surface area contributed by atoms with Crippen molar-refractivity contribution in [2.24, 2.45) is 0 Å². The number of hydrogen-bond donors (Lipinski definition) is 1. The van der Waals surface area contributed by atoms with Crippen LogP contribution in [0.3, 0.4) is 0 Å². The highest BCUT2D eigenvalue weighted by Gasteiger charge is 2.49. The third-order valence-electron chi connectivity index (χ3n) is 7.21. The topological polar surface area (TPSA) is 91.7 Å². The minimum absolute atomic E-state index is 0.0681. The summed E-state index contributed by atoms with van der Waals surface area (Å²) in [5.41, 5.74) is 3.99. The first-order valence-corrected chi connectivity index (χ1v) is 12.4. The standard InChI is InChI=1S/C23H22N4O3.C5H11N/c1-22(2,29)17-5-6-24-19(8-17)16-9-25-21(26-10-16)27-12-23(13-30-14-23)18-4-3-15(11-28)7-20(18)27;1-6-4-2-3-5-6/h3-11,29H,12-14H2,1-2H3;2-5H2,1H3. The summed E-state index contributed by atoms with van der Waals surface area (Å²) in [5.74, 6) is 0.575. The first-order valence-electron chi connectivity index (χ1n) is 12.4. The van der Waals surface area contributed by atoms with E-state index in [1.54, 1.807) is 38.5 Å². The van der Waals surface area contributed by atoms with Gasteiger partial charge in [-0.25, -0.2) is 9.97 Å². The van der Waals surface area contributed by atoms with E-state index in [-0.39, 0.29) is 5.41 Å². The van der Waals surface area contributed by atoms with Gasteiger partial charge in [0.25, 0.3) is 0 Å². The zero-order valence-electron chi connectivity index (χ0n) is 21.1. The zero-order valence-corrected chi connectivity index (χ0v) is 21.1. The molecule has 2 saturated heterocycles. The van der Waals surface area contributed by atoms with Crippen molar-refractivity contribution in [2.75, 3.05) is 44.8 Å². The molecular formula is C28H33N5O3. The fourth-order valence-electron chi connectivity index (χ4n) is 4.98. The summed E-state index contributed by atoms with van der Waals surface area (Å²) in [6, 6.07) is 9.40. The smallest absolute Gasteiger partial charge is 0.229 e. The van der Waals surface area contributed by atoms with Crippen LogP contribution >= 0.6 is 0 Å². The molecule has 2 aromatic heterocycles. The number of fused-ring (bicyclic) bond motifs is 2. The maximum atomic E-state index is 11.3. The number of carbonyl (C=O) groups is 1. The molecule has 6 rings (SSSR count). The summed E-state index contributed by atoms with van der Waals surface area (Å²) in [6.45, 7) is 8.15. The number of carbonyl (C=O) groups excluding carboxylic acids is 1. The first-order chi connectivity index (χ1) is 17.3. The SMILES string of the molecule is CC(C)(O)c1ccnc(-c2cnc(N3CC4(COC4)c4ccc(C=O)cc43)nc2)c1.CN1CCCC1. The van der Waals surface area contributed by atoms with E-state index in [0.717, 1.165) is 29.6 Å². The van der Waals surface area contributed by atoms with Crippen LogP contribution in [0.15, 0.2) is 48.9 Å². The maximum absolute atomic E-state index is 11.3. The number of nitrogens with zero attached hydrogens (tertiary/aromatic N) is 5. The van der Waals surface area contributed by atoms with Crippen molar-refractivity contribution >= 4 is 17.9 Å². The molecule has 188 valence electrons. The number of ether oxygens (including phenoxy) is 1. The summed E-state index contributed by atoms with van der Waals surface area (Å²) in [7, 11) is 2.17. The molecule has 1 aromatic carbocycles. The van der Waals surface area contributed by atoms with Crippen LogP contribution in [-0.4, -0.2) is 71.1 Å². The second-order valence-corrected chi connectivity index (χ2v) is 10.5. The largest absolute Gasteiger partial charge is 0.386 e. The molecule has 0 amide bonds. The van der Waals surface area contributed by atoms with Gasteiger partial charge in [-0.3, -0.25) is 9.78 Å². The number of anilines is 2. The maximum Gasteiger partial charge on any atom is 0.229 e. The zero-order chi connectivity index (χ0) is 25.3. The lowest BCUT2D eigenvalue weighted by Gasteiger charge is -2.38. The molecule has 0 unspecified atom stereocenters. The summed E-state index contributed by atoms with van der Waals surface area (Å²) < 4.78 is 5.51. The van der Waals surface area contributed by atoms with E-state index in [1.807, 2.05) is 24.3 Å². The Balaban J connectivity index is 0.000000391. The molecule has 0 atom stereocenters. The average Bonchev–Trinajstić information content (AvgIpc) is 3.48. The fourth-order valence-corrected chi connectivity index (χ4v) is 4.98. The molecule has 1 spiro atoms. The number of likely N-dealkylation sites (tertiary alicyclic amines) is 1. The third kappa shape index (κ3) is 4.76. The van der Waals surface area contributed by atoms with Gasteiger partial charge in [-0.2, -0.15) is 0 Å². The van der Waals surface area contributed by atoms with Crippen molar-refractivity contribution in [3.8, 4) is 11.3 Å². The van der Waals surface area contributed by atoms with Gasteiger partial charge < -0.3 is 19.6 Å². The summed E-state index contributed by atoms with van der Waals surface area (Å²) in [6.07, 6.45) is 8.84. The van der Waals surface area contributed by atoms with Crippen molar-refractivity contribution in [1.29, 1.82) is 0 Å². The highest BCUT2D eigenvalue weighted by atomic mass is 16.5. The van der Waals surface area contributed by atoms with Gasteiger partial charge in [0.1, 0.15) is 6.29 Å². The van der Waals surface area contributed by atoms with E-state index in [9.17, 15) is 9.90 Å². The number of rotatable bonds is 4. The Morgan fingerprint density at radius 1 is 1.06 bits per heavy atom. The van der Waals surface area contributed by atoms with Crippen LogP contribution in [-0.2, 0) is 15.8 Å². The van der Waals surface area contributed by atoms with Crippen LogP contribution < -0.4 is 4.90 Å². The third-order valence-corrected chi connectivity index (χ3v) is 7.21. The molecule has 0 bridgehead atoms. The predicted octanol–water partition coefficient (Wildman–Crippen LogP) is 3.71. The number of aromatic nitrogens is 3. The van der Waals surface area contributed by atoms with Crippen LogP contribution in [0.25, 0.3) is 11.3 Å². The molecule has 3 aromatic rings. The van der Waals surface area contributed by atoms with Crippen LogP contribution in [0.4, 0.5) is 11.6 Å². The molecule has 1 N–H and O–H groups in total. The van der Waals surface area contributed by atoms with Crippen molar-refractivity contribution < 1.29 is 14.6 Å². The van der Waals surface area contributed by atoms with Crippen molar-refractivity contribution in [1.82, 2.24) is 19.9 Å². The lowest BCUT2D eigenvalue weighted by molar-refractivity contribution is -0.0507. The molecule has 3 aliphatic rings. The van der Waals surface area contributed by atoms with Crippen LogP contribution in [0.1, 0.15) is 48.2 Å². The van der Waals surface area contributed by atoms with Gasteiger partial charge in [-0.1, -0.05) is 12.1 Å². The molecule has 0 aliphatic carbocycles. The van der Waals surface area contributed by atoms with Gasteiger partial charge >= 0.3 is 0 Å². The van der Waals surface area contributed by atoms with E-state index in [2.05, 4.69) is 31.8 Å². The van der Waals surface area contributed by atoms with Gasteiger partial charge in [0.15, 0.2) is 0 Å². The van der Waals surface area contributed by atoms with Gasteiger partial charge in [0.2, 0.25) is 5.95 Å². The predicted molar refractivity (Wildman–Crippen MR) is 139 cm³/mol. The second-order valence-electron chi connectivity index (χ2n) is 10.5. The Morgan fingerprint density at radius 3 is 2.33 bits per heavy atom. The molecule has 0 saturated carbocycles. The van der Waals surface area contributed by atoms with Gasteiger partial charge in [-0.15, -0.1) is 0 Å². The van der Waals surface area contributed by atoms with Crippen molar-refractivity contribution in [3.05, 3.63) is 65.6 Å². The number of aliphatic hydroxyl groups is 1. The molecule has 0 radical (unpaired) electrons. The number of benzene rings is 1. The Labute approximate surface area is 212 Å². The minimum Gasteiger partial charge on any atom is -0.386 e. The van der Waals surface area contributed by atoms with E-state index >= 15 is 0 Å². The van der Waals surface area contributed by atoms with Gasteiger partial charge in [0.05, 0.1) is 29.9 Å². The Hall–Kier alpha value is -3.20. The van der Waals surface area contributed by atoms with Gasteiger partial charge in [-0.05, 0) is 76.2 Å². The number of hydrogen-bond acceptors (Lipinski definition) is 8. The lowest BCUT2D eigenvalue weighted by Crippen LogP contribution is -2.49. The molecule has 8 nitrogen and oxygen atoms in total. The Kier molecular flexibility index (Phi) is 6.59. The number of aldehydes is 1. The van der Waals surface area contributed by atoms with E-state index in [1.165, 1.54) is 31.5 Å². The summed E-state index contributed by atoms with van der Waals surface area (Å²) >= 11 is 0. The average molecular weight is 488 g/mol. The Bertz CT molecular complexity index is 1230. The molecule has 3 aliphatic heterocycles. The molecule has 2 fully saturated rings. The fraction of sp³-hybridized carbons (Fsp3) is 0.429. The van der Waals surface area contributed by atoms with Crippen molar-refractivity contribution in [2.45, 2.75) is 37.7 Å². The minimum atomic E-state index is -0.951. The quantitative estimate of drug-likeness (QED) is 0.557. The number of pyridine rings is 1. The highest BCUT2D eigenvalue weighted by Crippen LogP contribution is 2.47. The lowest BCUT2D eigenvalue weighted by atomic mass is 9.80. The first kappa shape index (κ1) is 24.5. The molecular weight excluding hydrogens is 454 g/mol. The van der Waals surface area contributed by atoms with Crippen LogP contribution in [0.2, 0.25) is 0 Å². The highest BCUT2D eigenvalue weighted by molar-refractivity contribution is 5.81. The van der Waals surface area contributed by atoms with Crippen molar-refractivity contribution in [3.63, 3.8) is 0 Å². The van der Waals surface area contributed by atoms with Crippen LogP contribution in [0.5, 0.6) is 0 Å². The molecule has 36 heavy (non-hydrogen) atoms. The normalized spacial score (nSPS) is 18.4.